The molecule has 10 heteroatoms. The summed E-state index contributed by atoms with van der Waals surface area (Å²) in [5, 5.41) is 4.81. The normalized spacial score (nSPS) is 10.6. The molecule has 2 heterocycles. The molecule has 2 aromatic heterocycles. The van der Waals surface area contributed by atoms with Gasteiger partial charge in [0.1, 0.15) is 6.54 Å². The fraction of sp³-hybridized carbons (Fsp3) is 0.278. The van der Waals surface area contributed by atoms with Gasteiger partial charge in [-0.25, -0.2) is 0 Å². The molecule has 1 aromatic carbocycles. The molecule has 0 atom stereocenters. The van der Waals surface area contributed by atoms with Crippen LogP contribution in [0.2, 0.25) is 0 Å². The monoisotopic (exact) mass is 400 g/mol. The summed E-state index contributed by atoms with van der Waals surface area (Å²) in [5.74, 6) is -0.0630. The van der Waals surface area contributed by atoms with E-state index in [-0.39, 0.29) is 35.7 Å². The molecule has 0 aliphatic rings. The highest BCUT2D eigenvalue weighted by atomic mass is 32.1. The van der Waals surface area contributed by atoms with Gasteiger partial charge in [-0.1, -0.05) is 36.5 Å². The SMILES string of the molecule is CCc1ccccc1Nc1nc(N)nc(COC(=O)Cn2c(C)csc2=O)n1. The van der Waals surface area contributed by atoms with Crippen LogP contribution in [0.1, 0.15) is 24.0 Å². The molecule has 3 rings (SSSR count). The third kappa shape index (κ3) is 4.71. The molecule has 0 amide bonds. The molecule has 3 N–H and O–H groups in total. The minimum atomic E-state index is -0.562. The molecule has 0 saturated heterocycles. The van der Waals surface area contributed by atoms with E-state index in [1.807, 2.05) is 31.2 Å². The quantitative estimate of drug-likeness (QED) is 0.577. The van der Waals surface area contributed by atoms with E-state index in [0.717, 1.165) is 29.0 Å². The lowest BCUT2D eigenvalue weighted by atomic mass is 10.1. The van der Waals surface area contributed by atoms with Gasteiger partial charge >= 0.3 is 10.8 Å². The number of rotatable bonds is 7. The molecule has 0 aliphatic heterocycles. The van der Waals surface area contributed by atoms with Crippen LogP contribution in [0.25, 0.3) is 0 Å². The van der Waals surface area contributed by atoms with E-state index >= 15 is 0 Å². The molecular formula is C18H20N6O3S. The third-order valence-corrected chi connectivity index (χ3v) is 4.85. The predicted molar refractivity (Wildman–Crippen MR) is 106 cm³/mol. The second-order valence-corrected chi connectivity index (χ2v) is 6.78. The number of hydrogen-bond donors (Lipinski definition) is 2. The molecule has 9 nitrogen and oxygen atoms in total. The van der Waals surface area contributed by atoms with Crippen molar-refractivity contribution in [3.05, 3.63) is 56.4 Å². The van der Waals surface area contributed by atoms with Crippen LogP contribution in [-0.2, 0) is 29.1 Å². The summed E-state index contributed by atoms with van der Waals surface area (Å²) >= 11 is 1.04. The van der Waals surface area contributed by atoms with Crippen molar-refractivity contribution in [2.24, 2.45) is 0 Å². The molecule has 0 fully saturated rings. The number of nitrogens with two attached hydrogens (primary N) is 1. The zero-order valence-electron chi connectivity index (χ0n) is 15.5. The summed E-state index contributed by atoms with van der Waals surface area (Å²) in [7, 11) is 0. The number of carbonyl (C=O) groups excluding carboxylic acids is 1. The summed E-state index contributed by atoms with van der Waals surface area (Å²) in [6, 6.07) is 7.78. The lowest BCUT2D eigenvalue weighted by Gasteiger charge is -2.11. The van der Waals surface area contributed by atoms with Crippen LogP contribution >= 0.6 is 11.3 Å². The van der Waals surface area contributed by atoms with E-state index in [1.54, 1.807) is 12.3 Å². The Morgan fingerprint density at radius 3 is 2.79 bits per heavy atom. The van der Waals surface area contributed by atoms with E-state index in [4.69, 9.17) is 10.5 Å². The number of ether oxygens (including phenoxy) is 1. The number of nitrogens with zero attached hydrogens (tertiary/aromatic N) is 4. The van der Waals surface area contributed by atoms with Crippen LogP contribution in [0.15, 0.2) is 34.4 Å². The highest BCUT2D eigenvalue weighted by Gasteiger charge is 2.12. The van der Waals surface area contributed by atoms with Gasteiger partial charge in [0.15, 0.2) is 12.4 Å². The van der Waals surface area contributed by atoms with Crippen molar-refractivity contribution in [3.8, 4) is 0 Å². The molecule has 3 aromatic rings. The first-order chi connectivity index (χ1) is 13.5. The third-order valence-electron chi connectivity index (χ3n) is 3.97. The first-order valence-electron chi connectivity index (χ1n) is 8.62. The Bertz CT molecular complexity index is 1050. The molecule has 28 heavy (non-hydrogen) atoms. The van der Waals surface area contributed by atoms with E-state index in [2.05, 4.69) is 20.3 Å². The minimum absolute atomic E-state index is 0.0161. The summed E-state index contributed by atoms with van der Waals surface area (Å²) in [6.07, 6.45) is 0.843. The van der Waals surface area contributed by atoms with Crippen molar-refractivity contribution < 1.29 is 9.53 Å². The average molecular weight is 400 g/mol. The maximum atomic E-state index is 12.0. The van der Waals surface area contributed by atoms with Gasteiger partial charge in [0.25, 0.3) is 0 Å². The Morgan fingerprint density at radius 2 is 2.07 bits per heavy atom. The second-order valence-electron chi connectivity index (χ2n) is 5.96. The highest BCUT2D eigenvalue weighted by molar-refractivity contribution is 7.07. The first-order valence-corrected chi connectivity index (χ1v) is 9.50. The summed E-state index contributed by atoms with van der Waals surface area (Å²) in [5.41, 5.74) is 8.43. The molecule has 0 radical (unpaired) electrons. The van der Waals surface area contributed by atoms with Crippen LogP contribution in [0.5, 0.6) is 0 Å². The number of aryl methyl sites for hydroxylation is 2. The number of anilines is 3. The van der Waals surface area contributed by atoms with E-state index in [0.29, 0.717) is 5.69 Å². The molecular weight excluding hydrogens is 380 g/mol. The van der Waals surface area contributed by atoms with E-state index < -0.39 is 5.97 Å². The van der Waals surface area contributed by atoms with Crippen LogP contribution in [0, 0.1) is 6.92 Å². The van der Waals surface area contributed by atoms with Gasteiger partial charge in [0, 0.05) is 16.8 Å². The van der Waals surface area contributed by atoms with Gasteiger partial charge in [0.2, 0.25) is 11.9 Å². The molecule has 0 spiro atoms. The number of aromatic nitrogens is 4. The number of benzene rings is 1. The zero-order chi connectivity index (χ0) is 20.1. The standard InChI is InChI=1S/C18H20N6O3S/c1-3-12-6-4-5-7-13(12)20-17-22-14(21-16(19)23-17)9-27-15(25)8-24-11(2)10-28-18(24)26/h4-7,10H,3,8-9H2,1-2H3,(H3,19,20,21,22,23). The van der Waals surface area contributed by atoms with Crippen molar-refractivity contribution in [3.63, 3.8) is 0 Å². The van der Waals surface area contributed by atoms with Crippen LogP contribution < -0.4 is 15.9 Å². The average Bonchev–Trinajstić information content (AvgIpc) is 2.98. The fourth-order valence-electron chi connectivity index (χ4n) is 2.55. The number of carbonyl (C=O) groups is 1. The maximum absolute atomic E-state index is 12.0. The predicted octanol–water partition coefficient (Wildman–Crippen LogP) is 2.03. The number of thiazole rings is 1. The van der Waals surface area contributed by atoms with Gasteiger partial charge in [-0.2, -0.15) is 15.0 Å². The second kappa shape index (κ2) is 8.61. The Labute approximate surface area is 165 Å². The fourth-order valence-corrected chi connectivity index (χ4v) is 3.28. The van der Waals surface area contributed by atoms with Crippen molar-refractivity contribution in [1.82, 2.24) is 19.5 Å². The van der Waals surface area contributed by atoms with Crippen molar-refractivity contribution in [2.45, 2.75) is 33.4 Å². The van der Waals surface area contributed by atoms with Crippen molar-refractivity contribution >= 4 is 34.9 Å². The summed E-state index contributed by atoms with van der Waals surface area (Å²) in [4.78, 5) is 35.8. The Balaban J connectivity index is 1.68. The maximum Gasteiger partial charge on any atom is 0.326 e. The number of esters is 1. The topological polar surface area (TPSA) is 125 Å². The summed E-state index contributed by atoms with van der Waals surface area (Å²) in [6.45, 7) is 3.47. The first kappa shape index (κ1) is 19.5. The largest absolute Gasteiger partial charge is 0.456 e. The number of para-hydroxylation sites is 1. The van der Waals surface area contributed by atoms with Crippen LogP contribution in [0.4, 0.5) is 17.6 Å². The van der Waals surface area contributed by atoms with E-state index in [1.165, 1.54) is 4.57 Å². The zero-order valence-corrected chi connectivity index (χ0v) is 16.3. The Kier molecular flexibility index (Phi) is 5.99. The highest BCUT2D eigenvalue weighted by Crippen LogP contribution is 2.19. The molecule has 0 unspecified atom stereocenters. The number of nitrogens with one attached hydrogen (secondary N) is 1. The van der Waals surface area contributed by atoms with Crippen LogP contribution in [-0.4, -0.2) is 25.5 Å². The van der Waals surface area contributed by atoms with Gasteiger partial charge in [-0.3, -0.25) is 14.2 Å². The van der Waals surface area contributed by atoms with Gasteiger partial charge < -0.3 is 15.8 Å². The van der Waals surface area contributed by atoms with Gasteiger partial charge in [-0.15, -0.1) is 0 Å². The van der Waals surface area contributed by atoms with Crippen molar-refractivity contribution in [1.29, 1.82) is 0 Å². The molecule has 0 saturated carbocycles. The number of hydrogen-bond acceptors (Lipinski definition) is 9. The lowest BCUT2D eigenvalue weighted by molar-refractivity contribution is -0.146. The molecule has 0 aliphatic carbocycles. The molecule has 146 valence electrons. The van der Waals surface area contributed by atoms with Gasteiger partial charge in [0.05, 0.1) is 0 Å². The summed E-state index contributed by atoms with van der Waals surface area (Å²) < 4.78 is 6.54. The van der Waals surface area contributed by atoms with Gasteiger partial charge in [-0.05, 0) is 25.0 Å². The number of nitrogen functional groups attached to an aromatic ring is 1. The van der Waals surface area contributed by atoms with Crippen molar-refractivity contribution in [2.75, 3.05) is 11.1 Å². The Hall–Kier alpha value is -3.27. The van der Waals surface area contributed by atoms with Crippen LogP contribution in [0.3, 0.4) is 0 Å². The smallest absolute Gasteiger partial charge is 0.326 e. The molecule has 0 bridgehead atoms. The minimum Gasteiger partial charge on any atom is -0.456 e. The van der Waals surface area contributed by atoms with E-state index in [9.17, 15) is 9.59 Å². The Morgan fingerprint density at radius 1 is 1.29 bits per heavy atom. The lowest BCUT2D eigenvalue weighted by Crippen LogP contribution is -2.22.